The fourth-order valence-electron chi connectivity index (χ4n) is 3.03. The maximum Gasteiger partial charge on any atom is 0.280 e. The summed E-state index contributed by atoms with van der Waals surface area (Å²) in [6.45, 7) is 1.39. The Kier molecular flexibility index (Phi) is 3.58. The summed E-state index contributed by atoms with van der Waals surface area (Å²) in [5.41, 5.74) is 0.00196. The van der Waals surface area contributed by atoms with Crippen LogP contribution >= 0.6 is 0 Å². The summed E-state index contributed by atoms with van der Waals surface area (Å²) >= 11 is 0. The predicted molar refractivity (Wildman–Crippen MR) is 78.1 cm³/mol. The molecule has 1 saturated carbocycles. The van der Waals surface area contributed by atoms with E-state index < -0.39 is 6.43 Å². The molecule has 24 heavy (non-hydrogen) atoms. The molecule has 2 fully saturated rings. The van der Waals surface area contributed by atoms with Gasteiger partial charge in [0, 0.05) is 32.5 Å². The van der Waals surface area contributed by atoms with Crippen molar-refractivity contribution in [3.8, 4) is 11.6 Å². The van der Waals surface area contributed by atoms with Gasteiger partial charge in [0.05, 0.1) is 0 Å². The molecule has 4 rings (SSSR count). The molecule has 7 nitrogen and oxygen atoms in total. The maximum absolute atomic E-state index is 12.8. The molecule has 3 heterocycles. The highest BCUT2D eigenvalue weighted by molar-refractivity contribution is 5.79. The number of hydrogen-bond donors (Lipinski definition) is 0. The molecule has 0 bridgehead atoms. The Morgan fingerprint density at radius 2 is 2.21 bits per heavy atom. The van der Waals surface area contributed by atoms with Crippen molar-refractivity contribution < 1.29 is 18.1 Å². The van der Waals surface area contributed by atoms with E-state index in [1.165, 1.54) is 26.0 Å². The van der Waals surface area contributed by atoms with E-state index in [4.69, 9.17) is 4.52 Å². The van der Waals surface area contributed by atoms with Crippen molar-refractivity contribution >= 4 is 5.91 Å². The summed E-state index contributed by atoms with van der Waals surface area (Å²) in [5.74, 6) is 1.15. The summed E-state index contributed by atoms with van der Waals surface area (Å²) < 4.78 is 31.9. The van der Waals surface area contributed by atoms with E-state index in [2.05, 4.69) is 15.2 Å². The zero-order valence-corrected chi connectivity index (χ0v) is 13.2. The van der Waals surface area contributed by atoms with Crippen LogP contribution in [-0.2, 0) is 11.8 Å². The van der Waals surface area contributed by atoms with E-state index >= 15 is 0 Å². The van der Waals surface area contributed by atoms with Gasteiger partial charge in [-0.2, -0.15) is 10.1 Å². The minimum absolute atomic E-state index is 0.0978. The van der Waals surface area contributed by atoms with Gasteiger partial charge < -0.3 is 9.42 Å². The first-order chi connectivity index (χ1) is 11.5. The van der Waals surface area contributed by atoms with E-state index in [1.807, 2.05) is 4.90 Å². The molecule has 2 aromatic heterocycles. The number of likely N-dealkylation sites (tertiary alicyclic amines) is 1. The number of carbonyl (C=O) groups is 1. The van der Waals surface area contributed by atoms with Crippen molar-refractivity contribution in [2.24, 2.45) is 13.0 Å². The summed E-state index contributed by atoms with van der Waals surface area (Å²) in [5, 5.41) is 7.90. The number of halogens is 2. The third-order valence-electron chi connectivity index (χ3n) is 4.56. The van der Waals surface area contributed by atoms with Crippen LogP contribution in [0.3, 0.4) is 0 Å². The number of nitrogens with zero attached hydrogens (tertiary/aromatic N) is 5. The molecule has 2 aliphatic rings. The number of carbonyl (C=O) groups excluding carboxylic acids is 1. The lowest BCUT2D eigenvalue weighted by molar-refractivity contribution is -0.127. The van der Waals surface area contributed by atoms with E-state index in [-0.39, 0.29) is 29.1 Å². The summed E-state index contributed by atoms with van der Waals surface area (Å²) in [7, 11) is 1.44. The molecule has 0 N–H and O–H groups in total. The fraction of sp³-hybridized carbons (Fsp3) is 0.600. The molecule has 1 saturated heterocycles. The highest BCUT2D eigenvalue weighted by Crippen LogP contribution is 2.34. The second-order valence-corrected chi connectivity index (χ2v) is 6.48. The molecule has 1 atom stereocenters. The summed E-state index contributed by atoms with van der Waals surface area (Å²) in [6.07, 6.45) is 0.109. The van der Waals surface area contributed by atoms with E-state index in [0.29, 0.717) is 24.7 Å². The number of amides is 1. The Labute approximate surface area is 136 Å². The largest absolute Gasteiger partial charge is 0.342 e. The van der Waals surface area contributed by atoms with Crippen molar-refractivity contribution in [1.82, 2.24) is 24.8 Å². The Hall–Kier alpha value is -2.32. The first-order valence-electron chi connectivity index (χ1n) is 7.95. The fourth-order valence-corrected chi connectivity index (χ4v) is 3.03. The monoisotopic (exact) mass is 337 g/mol. The molecule has 1 aliphatic carbocycles. The van der Waals surface area contributed by atoms with Crippen molar-refractivity contribution in [1.29, 1.82) is 0 Å². The van der Waals surface area contributed by atoms with Crippen LogP contribution in [0.25, 0.3) is 11.6 Å². The molecule has 9 heteroatoms. The lowest BCUT2D eigenvalue weighted by Crippen LogP contribution is -2.27. The number of aryl methyl sites for hydroxylation is 1. The van der Waals surface area contributed by atoms with Gasteiger partial charge >= 0.3 is 0 Å². The molecular formula is C15H17F2N5O2. The smallest absolute Gasteiger partial charge is 0.280 e. The first-order valence-corrected chi connectivity index (χ1v) is 7.95. The van der Waals surface area contributed by atoms with Crippen molar-refractivity contribution in [3.63, 3.8) is 0 Å². The van der Waals surface area contributed by atoms with E-state index in [0.717, 1.165) is 11.2 Å². The van der Waals surface area contributed by atoms with Crippen LogP contribution in [0, 0.1) is 5.92 Å². The normalized spacial score (nSPS) is 21.2. The molecule has 128 valence electrons. The van der Waals surface area contributed by atoms with Crippen molar-refractivity contribution in [2.45, 2.75) is 31.6 Å². The third-order valence-corrected chi connectivity index (χ3v) is 4.56. The number of rotatable bonds is 5. The Bertz CT molecular complexity index is 768. The molecule has 1 unspecified atom stereocenters. The van der Waals surface area contributed by atoms with Crippen LogP contribution in [0.2, 0.25) is 0 Å². The van der Waals surface area contributed by atoms with Gasteiger partial charge in [0.25, 0.3) is 12.3 Å². The highest BCUT2D eigenvalue weighted by atomic mass is 19.3. The minimum Gasteiger partial charge on any atom is -0.342 e. The lowest BCUT2D eigenvalue weighted by Gasteiger charge is -2.14. The molecule has 1 aliphatic heterocycles. The molecule has 0 spiro atoms. The molecular weight excluding hydrogens is 320 g/mol. The van der Waals surface area contributed by atoms with Gasteiger partial charge in [0.1, 0.15) is 5.69 Å². The molecule has 2 aromatic rings. The molecule has 0 aromatic carbocycles. The average molecular weight is 337 g/mol. The third kappa shape index (κ3) is 2.78. The summed E-state index contributed by atoms with van der Waals surface area (Å²) in [6, 6.07) is 1.24. The van der Waals surface area contributed by atoms with Gasteiger partial charge in [-0.05, 0) is 24.8 Å². The van der Waals surface area contributed by atoms with Crippen LogP contribution in [0.1, 0.15) is 43.1 Å². The second kappa shape index (κ2) is 5.64. The van der Waals surface area contributed by atoms with Crippen molar-refractivity contribution in [2.75, 3.05) is 13.1 Å². The number of alkyl halides is 2. The van der Waals surface area contributed by atoms with Gasteiger partial charge in [-0.3, -0.25) is 9.48 Å². The Balaban J connectivity index is 1.50. The van der Waals surface area contributed by atoms with Gasteiger partial charge in [-0.15, -0.1) is 0 Å². The van der Waals surface area contributed by atoms with Crippen molar-refractivity contribution in [3.05, 3.63) is 17.6 Å². The number of aromatic nitrogens is 4. The zero-order chi connectivity index (χ0) is 16.8. The van der Waals surface area contributed by atoms with Crippen LogP contribution in [0.15, 0.2) is 10.6 Å². The van der Waals surface area contributed by atoms with Crippen LogP contribution < -0.4 is 0 Å². The Morgan fingerprint density at radius 3 is 2.88 bits per heavy atom. The number of hydrogen-bond acceptors (Lipinski definition) is 5. The average Bonchev–Trinajstić information content (AvgIpc) is 2.94. The topological polar surface area (TPSA) is 77.1 Å². The molecule has 0 radical (unpaired) electrons. The zero-order valence-electron chi connectivity index (χ0n) is 13.2. The molecule has 1 amide bonds. The van der Waals surface area contributed by atoms with E-state index in [9.17, 15) is 13.6 Å². The summed E-state index contributed by atoms with van der Waals surface area (Å²) in [4.78, 5) is 18.2. The SMILES string of the molecule is Cn1nc(-c2nc(C3CC(=O)N(CC4CC4)C3)no2)cc1C(F)F. The van der Waals surface area contributed by atoms with Gasteiger partial charge in [0.15, 0.2) is 11.5 Å². The highest BCUT2D eigenvalue weighted by Gasteiger charge is 2.36. The predicted octanol–water partition coefficient (Wildman–Crippen LogP) is 2.13. The Morgan fingerprint density at radius 1 is 1.42 bits per heavy atom. The van der Waals surface area contributed by atoms with Crippen LogP contribution in [0.5, 0.6) is 0 Å². The maximum atomic E-state index is 12.8. The van der Waals surface area contributed by atoms with Gasteiger partial charge in [-0.25, -0.2) is 8.78 Å². The standard InChI is InChI=1S/C15H17F2N5O2/c1-21-11(13(16)17)5-10(19-21)15-18-14(20-24-15)9-4-12(23)22(7-9)6-8-2-3-8/h5,8-9,13H,2-4,6-7H2,1H3. The quantitative estimate of drug-likeness (QED) is 0.835. The first kappa shape index (κ1) is 15.2. The van der Waals surface area contributed by atoms with Gasteiger partial charge in [0.2, 0.25) is 5.91 Å². The van der Waals surface area contributed by atoms with Crippen LogP contribution in [0.4, 0.5) is 8.78 Å². The van der Waals surface area contributed by atoms with Gasteiger partial charge in [-0.1, -0.05) is 5.16 Å². The second-order valence-electron chi connectivity index (χ2n) is 6.48. The minimum atomic E-state index is -2.62. The van der Waals surface area contributed by atoms with E-state index in [1.54, 1.807) is 0 Å². The van der Waals surface area contributed by atoms with Crippen LogP contribution in [-0.4, -0.2) is 43.8 Å². The lowest BCUT2D eigenvalue weighted by atomic mass is 10.1.